The van der Waals surface area contributed by atoms with Crippen LogP contribution in [0.2, 0.25) is 0 Å². The maximum absolute atomic E-state index is 11.3. The number of carbonyl (C=O) groups excluding carboxylic acids is 1. The van der Waals surface area contributed by atoms with Crippen molar-refractivity contribution in [2.45, 2.75) is 13.0 Å². The van der Waals surface area contributed by atoms with Gasteiger partial charge in [0.05, 0.1) is 12.6 Å². The molecule has 1 amide bonds. The van der Waals surface area contributed by atoms with Gasteiger partial charge in [-0.05, 0) is 19.5 Å². The van der Waals surface area contributed by atoms with Gasteiger partial charge in [0.25, 0.3) is 0 Å². The molecule has 0 saturated carbocycles. The molecule has 3 nitrogen and oxygen atoms in total. The van der Waals surface area contributed by atoms with E-state index >= 15 is 0 Å². The summed E-state index contributed by atoms with van der Waals surface area (Å²) in [5.74, 6) is 0.0175. The molecule has 0 heterocycles. The Hall–Kier alpha value is -1.35. The van der Waals surface area contributed by atoms with Crippen molar-refractivity contribution < 1.29 is 4.79 Å². The Morgan fingerprint density at radius 2 is 2.00 bits per heavy atom. The summed E-state index contributed by atoms with van der Waals surface area (Å²) in [6, 6.07) is 9.98. The Morgan fingerprint density at radius 1 is 1.36 bits per heavy atom. The Morgan fingerprint density at radius 3 is 2.57 bits per heavy atom. The van der Waals surface area contributed by atoms with Crippen molar-refractivity contribution in [1.82, 2.24) is 10.6 Å². The van der Waals surface area contributed by atoms with Gasteiger partial charge < -0.3 is 10.6 Å². The van der Waals surface area contributed by atoms with Crippen LogP contribution in [0.4, 0.5) is 0 Å². The second-order valence-electron chi connectivity index (χ2n) is 3.23. The molecule has 0 spiro atoms. The molecule has 0 aliphatic carbocycles. The summed E-state index contributed by atoms with van der Waals surface area (Å²) in [6.45, 7) is 2.33. The molecule has 0 radical (unpaired) electrons. The lowest BCUT2D eigenvalue weighted by atomic mass is 10.1. The van der Waals surface area contributed by atoms with Gasteiger partial charge in [0.2, 0.25) is 5.91 Å². The molecule has 76 valence electrons. The van der Waals surface area contributed by atoms with Crippen molar-refractivity contribution >= 4 is 5.91 Å². The summed E-state index contributed by atoms with van der Waals surface area (Å²) >= 11 is 0. The molecule has 2 N–H and O–H groups in total. The minimum Gasteiger partial charge on any atom is -0.348 e. The summed E-state index contributed by atoms with van der Waals surface area (Å²) in [5.41, 5.74) is 1.12. The van der Waals surface area contributed by atoms with E-state index in [0.717, 1.165) is 5.56 Å². The summed E-state index contributed by atoms with van der Waals surface area (Å²) < 4.78 is 0. The maximum Gasteiger partial charge on any atom is 0.234 e. The average molecular weight is 192 g/mol. The summed E-state index contributed by atoms with van der Waals surface area (Å²) in [6.07, 6.45) is 0. The zero-order valence-corrected chi connectivity index (χ0v) is 8.58. The predicted octanol–water partition coefficient (Wildman–Crippen LogP) is 1.08. The van der Waals surface area contributed by atoms with E-state index in [-0.39, 0.29) is 11.9 Å². The van der Waals surface area contributed by atoms with Gasteiger partial charge >= 0.3 is 0 Å². The molecular formula is C11H16N2O. The average Bonchev–Trinajstić information content (AvgIpc) is 2.19. The van der Waals surface area contributed by atoms with Crippen molar-refractivity contribution in [1.29, 1.82) is 0 Å². The first-order valence-corrected chi connectivity index (χ1v) is 4.73. The number of rotatable bonds is 4. The van der Waals surface area contributed by atoms with Gasteiger partial charge in [0.1, 0.15) is 0 Å². The van der Waals surface area contributed by atoms with E-state index in [9.17, 15) is 4.79 Å². The van der Waals surface area contributed by atoms with Crippen LogP contribution in [0.15, 0.2) is 30.3 Å². The minimum absolute atomic E-state index is 0.0175. The standard InChI is InChI=1S/C11H16N2O/c1-9(13-11(14)8-12-2)10-6-4-3-5-7-10/h3-7,9,12H,8H2,1-2H3,(H,13,14)/t9-/m1/s1. The Bertz CT molecular complexity index is 285. The molecule has 0 aliphatic rings. The highest BCUT2D eigenvalue weighted by Gasteiger charge is 2.07. The van der Waals surface area contributed by atoms with Crippen LogP contribution >= 0.6 is 0 Å². The Labute approximate surface area is 84.5 Å². The fourth-order valence-electron chi connectivity index (χ4n) is 1.28. The monoisotopic (exact) mass is 192 g/mol. The predicted molar refractivity (Wildman–Crippen MR) is 56.9 cm³/mol. The maximum atomic E-state index is 11.3. The summed E-state index contributed by atoms with van der Waals surface area (Å²) in [7, 11) is 1.76. The Balaban J connectivity index is 2.50. The van der Waals surface area contributed by atoms with Gasteiger partial charge in [0, 0.05) is 0 Å². The van der Waals surface area contributed by atoms with Crippen LogP contribution in [0.5, 0.6) is 0 Å². The number of hydrogen-bond donors (Lipinski definition) is 2. The van der Waals surface area contributed by atoms with Gasteiger partial charge in [-0.25, -0.2) is 0 Å². The zero-order valence-electron chi connectivity index (χ0n) is 8.58. The van der Waals surface area contributed by atoms with Crippen molar-refractivity contribution in [2.75, 3.05) is 13.6 Å². The number of likely N-dealkylation sites (N-methyl/N-ethyl adjacent to an activating group) is 1. The molecule has 14 heavy (non-hydrogen) atoms. The topological polar surface area (TPSA) is 41.1 Å². The smallest absolute Gasteiger partial charge is 0.234 e. The van der Waals surface area contributed by atoms with Crippen LogP contribution in [0.25, 0.3) is 0 Å². The van der Waals surface area contributed by atoms with Crippen LogP contribution in [0, 0.1) is 0 Å². The summed E-state index contributed by atoms with van der Waals surface area (Å²) in [5, 5.41) is 5.71. The van der Waals surface area contributed by atoms with Gasteiger partial charge in [-0.2, -0.15) is 0 Å². The van der Waals surface area contributed by atoms with Gasteiger partial charge in [0.15, 0.2) is 0 Å². The first-order valence-electron chi connectivity index (χ1n) is 4.73. The van der Waals surface area contributed by atoms with Crippen LogP contribution in [-0.4, -0.2) is 19.5 Å². The molecule has 1 aromatic carbocycles. The highest BCUT2D eigenvalue weighted by molar-refractivity contribution is 5.78. The highest BCUT2D eigenvalue weighted by atomic mass is 16.1. The zero-order chi connectivity index (χ0) is 10.4. The molecule has 0 saturated heterocycles. The quantitative estimate of drug-likeness (QED) is 0.749. The molecule has 0 bridgehead atoms. The molecule has 1 aromatic rings. The Kier molecular flexibility index (Phi) is 4.13. The highest BCUT2D eigenvalue weighted by Crippen LogP contribution is 2.10. The third kappa shape index (κ3) is 3.18. The fraction of sp³-hybridized carbons (Fsp3) is 0.364. The fourth-order valence-corrected chi connectivity index (χ4v) is 1.28. The van der Waals surface area contributed by atoms with E-state index < -0.39 is 0 Å². The molecule has 0 fully saturated rings. The van der Waals surface area contributed by atoms with Crippen molar-refractivity contribution in [2.24, 2.45) is 0 Å². The van der Waals surface area contributed by atoms with E-state index in [1.54, 1.807) is 7.05 Å². The van der Waals surface area contributed by atoms with E-state index in [1.807, 2.05) is 37.3 Å². The second kappa shape index (κ2) is 5.40. The van der Waals surface area contributed by atoms with Crippen LogP contribution in [0.3, 0.4) is 0 Å². The third-order valence-corrected chi connectivity index (χ3v) is 2.01. The van der Waals surface area contributed by atoms with E-state index in [2.05, 4.69) is 10.6 Å². The normalized spacial score (nSPS) is 12.1. The number of nitrogens with one attached hydrogen (secondary N) is 2. The lowest BCUT2D eigenvalue weighted by Crippen LogP contribution is -2.33. The number of carbonyl (C=O) groups is 1. The van der Waals surface area contributed by atoms with Gasteiger partial charge in [-0.1, -0.05) is 30.3 Å². The molecule has 3 heteroatoms. The first kappa shape index (κ1) is 10.7. The molecule has 0 aromatic heterocycles. The van der Waals surface area contributed by atoms with Crippen molar-refractivity contribution in [3.63, 3.8) is 0 Å². The summed E-state index contributed by atoms with van der Waals surface area (Å²) in [4.78, 5) is 11.3. The van der Waals surface area contributed by atoms with E-state index in [1.165, 1.54) is 0 Å². The van der Waals surface area contributed by atoms with E-state index in [4.69, 9.17) is 0 Å². The van der Waals surface area contributed by atoms with Gasteiger partial charge in [-0.3, -0.25) is 4.79 Å². The number of hydrogen-bond acceptors (Lipinski definition) is 2. The van der Waals surface area contributed by atoms with Crippen molar-refractivity contribution in [3.05, 3.63) is 35.9 Å². The molecule has 1 rings (SSSR count). The van der Waals surface area contributed by atoms with Crippen LogP contribution in [-0.2, 0) is 4.79 Å². The number of benzene rings is 1. The SMILES string of the molecule is CNCC(=O)N[C@H](C)c1ccccc1. The lowest BCUT2D eigenvalue weighted by molar-refractivity contribution is -0.120. The van der Waals surface area contributed by atoms with Crippen molar-refractivity contribution in [3.8, 4) is 0 Å². The molecule has 0 aliphatic heterocycles. The van der Waals surface area contributed by atoms with Crippen LogP contribution in [0.1, 0.15) is 18.5 Å². The third-order valence-electron chi connectivity index (χ3n) is 2.01. The van der Waals surface area contributed by atoms with E-state index in [0.29, 0.717) is 6.54 Å². The largest absolute Gasteiger partial charge is 0.348 e. The van der Waals surface area contributed by atoms with Crippen LogP contribution < -0.4 is 10.6 Å². The number of amides is 1. The van der Waals surface area contributed by atoms with Gasteiger partial charge in [-0.15, -0.1) is 0 Å². The first-order chi connectivity index (χ1) is 6.74. The lowest BCUT2D eigenvalue weighted by Gasteiger charge is -2.13. The molecular weight excluding hydrogens is 176 g/mol. The molecule has 1 atom stereocenters. The minimum atomic E-state index is 0.0175. The second-order valence-corrected chi connectivity index (χ2v) is 3.23. The molecule has 0 unspecified atom stereocenters.